The molecule has 1 unspecified atom stereocenters. The van der Waals surface area contributed by atoms with Gasteiger partial charge in [0.15, 0.2) is 11.7 Å². The van der Waals surface area contributed by atoms with Gasteiger partial charge in [-0.2, -0.15) is 18.4 Å². The lowest BCUT2D eigenvalue weighted by Gasteiger charge is -2.28. The number of carbonyl (C=O) groups is 2. The number of hydrogen-bond acceptors (Lipinski definition) is 8. The second-order valence-corrected chi connectivity index (χ2v) is 8.10. The Morgan fingerprint density at radius 3 is 2.49 bits per heavy atom. The summed E-state index contributed by atoms with van der Waals surface area (Å²) in [7, 11) is 0. The summed E-state index contributed by atoms with van der Waals surface area (Å²) in [5, 5.41) is 20.4. The number of Topliss-reactive ketones (excluding diaryl/α,β-unsaturated/α-hetero) is 1. The predicted molar refractivity (Wildman–Crippen MR) is 121 cm³/mol. The Bertz CT molecular complexity index is 1230. The standard InChI is InChI=1S/C23H19ClF3N3O7/c24-17-11-14(23(25,26)27)1-4-20(17)37-15-2-3-18(30(33)34)21(12-15)36-8-5-19(31)16(13-28)22(32)29-6-9-35-10-7-29/h1-4,11-12,16H,5-10H2. The van der Waals surface area contributed by atoms with E-state index in [4.69, 9.17) is 25.8 Å². The van der Waals surface area contributed by atoms with Crippen molar-refractivity contribution in [3.63, 3.8) is 0 Å². The normalized spacial score (nSPS) is 14.4. The molecule has 0 N–H and O–H groups in total. The number of ketones is 1. The van der Waals surface area contributed by atoms with Gasteiger partial charge in [0.25, 0.3) is 0 Å². The van der Waals surface area contributed by atoms with Gasteiger partial charge >= 0.3 is 11.9 Å². The van der Waals surface area contributed by atoms with Gasteiger partial charge in [0.05, 0.1) is 41.4 Å². The molecule has 2 aromatic carbocycles. The number of nitriles is 1. The first kappa shape index (κ1) is 27.7. The highest BCUT2D eigenvalue weighted by Gasteiger charge is 2.32. The van der Waals surface area contributed by atoms with Gasteiger partial charge in [0.2, 0.25) is 11.7 Å². The molecule has 1 heterocycles. The molecule has 1 aliphatic heterocycles. The van der Waals surface area contributed by atoms with Gasteiger partial charge in [-0.3, -0.25) is 19.7 Å². The van der Waals surface area contributed by atoms with Gasteiger partial charge in [-0.15, -0.1) is 0 Å². The maximum atomic E-state index is 12.8. The molecule has 10 nitrogen and oxygen atoms in total. The third-order valence-electron chi connectivity index (χ3n) is 5.24. The van der Waals surface area contributed by atoms with E-state index in [9.17, 15) is 38.1 Å². The minimum atomic E-state index is -4.61. The molecule has 1 amide bonds. The highest BCUT2D eigenvalue weighted by Crippen LogP contribution is 2.38. The molecule has 2 aromatic rings. The van der Waals surface area contributed by atoms with Crippen molar-refractivity contribution in [2.45, 2.75) is 12.6 Å². The molecule has 0 spiro atoms. The van der Waals surface area contributed by atoms with Gasteiger partial charge in [0.1, 0.15) is 11.5 Å². The minimum Gasteiger partial charge on any atom is -0.486 e. The number of nitro groups is 1. The van der Waals surface area contributed by atoms with E-state index in [1.807, 2.05) is 0 Å². The van der Waals surface area contributed by atoms with Crippen molar-refractivity contribution in [2.75, 3.05) is 32.9 Å². The molecular formula is C23H19ClF3N3O7. The molecule has 0 radical (unpaired) electrons. The number of hydrogen-bond donors (Lipinski definition) is 0. The Morgan fingerprint density at radius 2 is 1.89 bits per heavy atom. The smallest absolute Gasteiger partial charge is 0.416 e. The highest BCUT2D eigenvalue weighted by molar-refractivity contribution is 6.32. The van der Waals surface area contributed by atoms with Crippen LogP contribution in [0.3, 0.4) is 0 Å². The molecule has 196 valence electrons. The van der Waals surface area contributed by atoms with Crippen LogP contribution in [0.25, 0.3) is 0 Å². The number of amides is 1. The van der Waals surface area contributed by atoms with E-state index in [0.717, 1.165) is 24.3 Å². The molecule has 0 bridgehead atoms. The van der Waals surface area contributed by atoms with Crippen LogP contribution in [0.4, 0.5) is 18.9 Å². The Labute approximate surface area is 213 Å². The van der Waals surface area contributed by atoms with Crippen molar-refractivity contribution < 1.29 is 41.9 Å². The van der Waals surface area contributed by atoms with Crippen LogP contribution in [-0.2, 0) is 20.5 Å². The summed E-state index contributed by atoms with van der Waals surface area (Å²) >= 11 is 5.88. The summed E-state index contributed by atoms with van der Waals surface area (Å²) in [4.78, 5) is 36.9. The number of benzene rings is 2. The first-order chi connectivity index (χ1) is 17.5. The van der Waals surface area contributed by atoms with E-state index in [0.29, 0.717) is 19.3 Å². The number of ether oxygens (including phenoxy) is 3. The van der Waals surface area contributed by atoms with Crippen molar-refractivity contribution in [1.82, 2.24) is 4.90 Å². The maximum Gasteiger partial charge on any atom is 0.416 e. The average Bonchev–Trinajstić information content (AvgIpc) is 2.85. The summed E-state index contributed by atoms with van der Waals surface area (Å²) in [5.41, 5.74) is -1.45. The van der Waals surface area contributed by atoms with Crippen molar-refractivity contribution in [3.8, 4) is 23.3 Å². The molecule has 3 rings (SSSR count). The van der Waals surface area contributed by atoms with Gasteiger partial charge in [0, 0.05) is 31.6 Å². The molecular weight excluding hydrogens is 523 g/mol. The molecule has 1 atom stereocenters. The van der Waals surface area contributed by atoms with Crippen LogP contribution in [0.5, 0.6) is 17.2 Å². The monoisotopic (exact) mass is 541 g/mol. The number of nitrogens with zero attached hydrogens (tertiary/aromatic N) is 3. The first-order valence-corrected chi connectivity index (χ1v) is 11.1. The largest absolute Gasteiger partial charge is 0.486 e. The third kappa shape index (κ3) is 7.08. The Hall–Kier alpha value is -3.89. The van der Waals surface area contributed by atoms with Crippen LogP contribution >= 0.6 is 11.6 Å². The zero-order valence-electron chi connectivity index (χ0n) is 19.0. The molecule has 0 aliphatic carbocycles. The number of morpholine rings is 1. The minimum absolute atomic E-state index is 0.0361. The van der Waals surface area contributed by atoms with E-state index in [-0.39, 0.29) is 41.8 Å². The summed E-state index contributed by atoms with van der Waals surface area (Å²) in [5.74, 6) is -3.38. The van der Waals surface area contributed by atoms with E-state index in [2.05, 4.69) is 0 Å². The fraction of sp³-hybridized carbons (Fsp3) is 0.348. The molecule has 1 fully saturated rings. The molecule has 1 saturated heterocycles. The van der Waals surface area contributed by atoms with Crippen molar-refractivity contribution in [3.05, 3.63) is 57.1 Å². The quantitative estimate of drug-likeness (QED) is 0.259. The fourth-order valence-corrected chi connectivity index (χ4v) is 3.57. The lowest BCUT2D eigenvalue weighted by Crippen LogP contribution is -2.45. The number of carbonyl (C=O) groups excluding carboxylic acids is 2. The molecule has 37 heavy (non-hydrogen) atoms. The molecule has 14 heteroatoms. The molecule has 0 saturated carbocycles. The molecule has 0 aromatic heterocycles. The van der Waals surface area contributed by atoms with Crippen LogP contribution in [0, 0.1) is 27.4 Å². The van der Waals surface area contributed by atoms with Crippen molar-refractivity contribution in [2.24, 2.45) is 5.92 Å². The van der Waals surface area contributed by atoms with E-state index in [1.165, 1.54) is 11.0 Å². The van der Waals surface area contributed by atoms with Crippen LogP contribution in [0.15, 0.2) is 36.4 Å². The Balaban J connectivity index is 1.69. The van der Waals surface area contributed by atoms with Crippen LogP contribution in [0.2, 0.25) is 5.02 Å². The Kier molecular flexibility index (Phi) is 8.90. The SMILES string of the molecule is N#CC(C(=O)CCOc1cc(Oc2ccc(C(F)(F)F)cc2Cl)ccc1[N+](=O)[O-])C(=O)N1CCOCC1. The zero-order chi connectivity index (χ0) is 27.2. The summed E-state index contributed by atoms with van der Waals surface area (Å²) in [6.07, 6.45) is -4.99. The second kappa shape index (κ2) is 11.9. The first-order valence-electron chi connectivity index (χ1n) is 10.8. The van der Waals surface area contributed by atoms with Gasteiger partial charge < -0.3 is 19.1 Å². The number of nitro benzene ring substituents is 1. The average molecular weight is 542 g/mol. The lowest BCUT2D eigenvalue weighted by atomic mass is 10.0. The van der Waals surface area contributed by atoms with E-state index in [1.54, 1.807) is 6.07 Å². The summed E-state index contributed by atoms with van der Waals surface area (Å²) in [6.45, 7) is 0.700. The molecule has 1 aliphatic rings. The lowest BCUT2D eigenvalue weighted by molar-refractivity contribution is -0.385. The van der Waals surface area contributed by atoms with Gasteiger partial charge in [-0.1, -0.05) is 11.6 Å². The number of halogens is 4. The fourth-order valence-electron chi connectivity index (χ4n) is 3.35. The third-order valence-corrected chi connectivity index (χ3v) is 5.54. The predicted octanol–water partition coefficient (Wildman–Crippen LogP) is 4.40. The zero-order valence-corrected chi connectivity index (χ0v) is 19.8. The second-order valence-electron chi connectivity index (χ2n) is 7.70. The van der Waals surface area contributed by atoms with Crippen LogP contribution < -0.4 is 9.47 Å². The number of rotatable bonds is 9. The highest BCUT2D eigenvalue weighted by atomic mass is 35.5. The van der Waals surface area contributed by atoms with E-state index >= 15 is 0 Å². The maximum absolute atomic E-state index is 12.8. The van der Waals surface area contributed by atoms with Gasteiger partial charge in [-0.25, -0.2) is 0 Å². The number of alkyl halides is 3. The summed E-state index contributed by atoms with van der Waals surface area (Å²) < 4.78 is 54.5. The van der Waals surface area contributed by atoms with Crippen molar-refractivity contribution >= 4 is 29.0 Å². The van der Waals surface area contributed by atoms with E-state index < -0.39 is 46.6 Å². The topological polar surface area (TPSA) is 132 Å². The Morgan fingerprint density at radius 1 is 1.19 bits per heavy atom. The van der Waals surface area contributed by atoms with Crippen LogP contribution in [0.1, 0.15) is 12.0 Å². The summed E-state index contributed by atoms with van der Waals surface area (Å²) in [6, 6.07) is 7.47. The van der Waals surface area contributed by atoms with Gasteiger partial charge in [-0.05, 0) is 24.3 Å². The van der Waals surface area contributed by atoms with Crippen molar-refractivity contribution in [1.29, 1.82) is 5.26 Å². The van der Waals surface area contributed by atoms with Crippen LogP contribution in [-0.4, -0.2) is 54.4 Å².